The van der Waals surface area contributed by atoms with Crippen molar-refractivity contribution in [1.29, 1.82) is 0 Å². The molecule has 2 aliphatic rings. The second kappa shape index (κ2) is 6.34. The number of carbonyl (C=O) groups excluding carboxylic acids is 2. The Labute approximate surface area is 151 Å². The summed E-state index contributed by atoms with van der Waals surface area (Å²) in [5.74, 6) is 0.0884. The van der Waals surface area contributed by atoms with Crippen LogP contribution >= 0.6 is 24.0 Å². The molecule has 3 amide bonds. The Hall–Kier alpha value is -1.84. The van der Waals surface area contributed by atoms with Gasteiger partial charge in [-0.15, -0.1) is 24.0 Å². The van der Waals surface area contributed by atoms with E-state index in [-0.39, 0.29) is 47.8 Å². The number of nitrogens with zero attached hydrogens (tertiary/aromatic N) is 2. The molecule has 1 aromatic carbocycles. The predicted molar refractivity (Wildman–Crippen MR) is 98.5 cm³/mol. The molecule has 8 heteroatoms. The molecule has 1 aliphatic carbocycles. The first-order valence-electron chi connectivity index (χ1n) is 7.23. The van der Waals surface area contributed by atoms with Crippen molar-refractivity contribution in [2.45, 2.75) is 31.8 Å². The van der Waals surface area contributed by atoms with Gasteiger partial charge >= 0.3 is 6.03 Å². The number of nitrogens with one attached hydrogen (secondary N) is 1. The summed E-state index contributed by atoms with van der Waals surface area (Å²) in [5, 5.41) is 2.83. The Morgan fingerprint density at radius 1 is 1.30 bits per heavy atom. The first kappa shape index (κ1) is 17.5. The molecule has 5 N–H and O–H groups in total. The van der Waals surface area contributed by atoms with Crippen LogP contribution in [0.15, 0.2) is 29.3 Å². The van der Waals surface area contributed by atoms with Gasteiger partial charge in [0.25, 0.3) is 5.91 Å². The Balaban J connectivity index is 0.00000192. The van der Waals surface area contributed by atoms with E-state index in [4.69, 9.17) is 11.5 Å². The third-order valence-corrected chi connectivity index (χ3v) is 4.25. The highest BCUT2D eigenvalue weighted by Gasteiger charge is 2.56. The summed E-state index contributed by atoms with van der Waals surface area (Å²) in [5.41, 5.74) is 11.3. The fourth-order valence-corrected chi connectivity index (χ4v) is 2.76. The first-order valence-corrected chi connectivity index (χ1v) is 7.23. The van der Waals surface area contributed by atoms with Crippen molar-refractivity contribution in [2.75, 3.05) is 4.90 Å². The molecule has 1 saturated heterocycles. The maximum Gasteiger partial charge on any atom is 0.329 e. The molecular weight excluding hydrogens is 409 g/mol. The molecule has 1 unspecified atom stereocenters. The normalized spacial score (nSPS) is 23.3. The number of aliphatic imine (C=N–C) groups is 1. The van der Waals surface area contributed by atoms with Crippen molar-refractivity contribution < 1.29 is 9.59 Å². The predicted octanol–water partition coefficient (Wildman–Crippen LogP) is 1.30. The van der Waals surface area contributed by atoms with Gasteiger partial charge in [0, 0.05) is 0 Å². The Kier molecular flexibility index (Phi) is 4.83. The lowest BCUT2D eigenvalue weighted by Gasteiger charge is -2.21. The minimum absolute atomic E-state index is 0. The minimum atomic E-state index is -0.770. The first-order chi connectivity index (χ1) is 10.4. The average molecular weight is 429 g/mol. The maximum atomic E-state index is 12.6. The molecule has 1 saturated carbocycles. The molecule has 1 heterocycles. The van der Waals surface area contributed by atoms with Crippen LogP contribution in [0, 0.1) is 5.92 Å². The van der Waals surface area contributed by atoms with E-state index < -0.39 is 5.54 Å². The van der Waals surface area contributed by atoms with E-state index in [0.717, 1.165) is 18.4 Å². The van der Waals surface area contributed by atoms with Crippen molar-refractivity contribution in [3.8, 4) is 0 Å². The zero-order chi connectivity index (χ0) is 15.9. The lowest BCUT2D eigenvalue weighted by molar-refractivity contribution is -0.122. The SMILES string of the molecule is CC1(C2CC2)NC(=O)N(c2ccc(CN=C(N)N)cc2)C1=O.I. The van der Waals surface area contributed by atoms with Crippen LogP contribution in [0.1, 0.15) is 25.3 Å². The van der Waals surface area contributed by atoms with Crippen molar-refractivity contribution in [3.63, 3.8) is 0 Å². The van der Waals surface area contributed by atoms with E-state index in [1.807, 2.05) is 0 Å². The largest absolute Gasteiger partial charge is 0.370 e. The minimum Gasteiger partial charge on any atom is -0.370 e. The Morgan fingerprint density at radius 3 is 2.43 bits per heavy atom. The molecular formula is C15H20IN5O2. The number of nitrogens with two attached hydrogens (primary N) is 2. The summed E-state index contributed by atoms with van der Waals surface area (Å²) in [6.45, 7) is 2.17. The number of benzene rings is 1. The van der Waals surface area contributed by atoms with Gasteiger partial charge in [-0.05, 0) is 43.4 Å². The Bertz CT molecular complexity index is 652. The number of urea groups is 1. The van der Waals surface area contributed by atoms with Crippen molar-refractivity contribution in [1.82, 2.24) is 5.32 Å². The monoisotopic (exact) mass is 429 g/mol. The van der Waals surface area contributed by atoms with Gasteiger partial charge in [-0.25, -0.2) is 14.7 Å². The molecule has 1 atom stereocenters. The zero-order valence-corrected chi connectivity index (χ0v) is 15.1. The molecule has 0 aromatic heterocycles. The van der Waals surface area contributed by atoms with Crippen LogP contribution in [0.5, 0.6) is 0 Å². The van der Waals surface area contributed by atoms with Crippen LogP contribution < -0.4 is 21.7 Å². The third kappa shape index (κ3) is 3.26. The van der Waals surface area contributed by atoms with Crippen LogP contribution in [0.3, 0.4) is 0 Å². The van der Waals surface area contributed by atoms with Crippen molar-refractivity contribution >= 4 is 47.6 Å². The third-order valence-electron chi connectivity index (χ3n) is 4.25. The highest BCUT2D eigenvalue weighted by atomic mass is 127. The standard InChI is InChI=1S/C15H19N5O2.HI/c1-15(10-4-5-10)12(21)20(14(22)19-15)11-6-2-9(3-7-11)8-18-13(16)17;/h2-3,6-7,10H,4-5,8H2,1H3,(H,19,22)(H4,16,17,18);1H. The molecule has 0 bridgehead atoms. The molecule has 7 nitrogen and oxygen atoms in total. The molecule has 0 spiro atoms. The van der Waals surface area contributed by atoms with Crippen LogP contribution in [0.25, 0.3) is 0 Å². The van der Waals surface area contributed by atoms with E-state index in [2.05, 4.69) is 10.3 Å². The maximum absolute atomic E-state index is 12.6. The summed E-state index contributed by atoms with van der Waals surface area (Å²) >= 11 is 0. The number of hydrogen-bond acceptors (Lipinski definition) is 3. The Morgan fingerprint density at radius 2 is 1.91 bits per heavy atom. The van der Waals surface area contributed by atoms with Gasteiger partial charge in [-0.3, -0.25) is 4.79 Å². The number of amides is 3. The van der Waals surface area contributed by atoms with Gasteiger partial charge in [0.1, 0.15) is 5.54 Å². The number of guanidine groups is 1. The van der Waals surface area contributed by atoms with Gasteiger partial charge in [0.05, 0.1) is 12.2 Å². The molecule has 23 heavy (non-hydrogen) atoms. The van der Waals surface area contributed by atoms with Gasteiger partial charge in [0.15, 0.2) is 5.96 Å². The zero-order valence-electron chi connectivity index (χ0n) is 12.8. The van der Waals surface area contributed by atoms with Crippen LogP contribution in [0.2, 0.25) is 0 Å². The van der Waals surface area contributed by atoms with E-state index in [0.29, 0.717) is 12.2 Å². The average Bonchev–Trinajstić information content (AvgIpc) is 3.28. The smallest absolute Gasteiger partial charge is 0.329 e. The molecule has 0 radical (unpaired) electrons. The topological polar surface area (TPSA) is 114 Å². The van der Waals surface area contributed by atoms with E-state index in [1.54, 1.807) is 31.2 Å². The van der Waals surface area contributed by atoms with Crippen molar-refractivity contribution in [3.05, 3.63) is 29.8 Å². The highest BCUT2D eigenvalue weighted by molar-refractivity contribution is 14.0. The summed E-state index contributed by atoms with van der Waals surface area (Å²) in [6, 6.07) is 6.70. The van der Waals surface area contributed by atoms with Crippen LogP contribution in [-0.2, 0) is 11.3 Å². The second-order valence-electron chi connectivity index (χ2n) is 5.95. The number of imide groups is 1. The highest BCUT2D eigenvalue weighted by Crippen LogP contribution is 2.43. The number of rotatable bonds is 4. The lowest BCUT2D eigenvalue weighted by atomic mass is 9.96. The summed E-state index contributed by atoms with van der Waals surface area (Å²) in [7, 11) is 0. The van der Waals surface area contributed by atoms with Gasteiger partial charge in [0.2, 0.25) is 0 Å². The van der Waals surface area contributed by atoms with E-state index >= 15 is 0 Å². The number of hydrogen-bond donors (Lipinski definition) is 3. The fraction of sp³-hybridized carbons (Fsp3) is 0.400. The quantitative estimate of drug-likeness (QED) is 0.290. The van der Waals surface area contributed by atoms with Gasteiger partial charge in [-0.2, -0.15) is 0 Å². The van der Waals surface area contributed by atoms with Crippen LogP contribution in [-0.4, -0.2) is 23.4 Å². The van der Waals surface area contributed by atoms with E-state index in [1.165, 1.54) is 4.90 Å². The molecule has 1 aromatic rings. The number of halogens is 1. The molecule has 124 valence electrons. The molecule has 3 rings (SSSR count). The van der Waals surface area contributed by atoms with Gasteiger partial charge in [-0.1, -0.05) is 12.1 Å². The number of anilines is 1. The molecule has 2 fully saturated rings. The lowest BCUT2D eigenvalue weighted by Crippen LogP contribution is -2.46. The summed E-state index contributed by atoms with van der Waals surface area (Å²) < 4.78 is 0. The van der Waals surface area contributed by atoms with E-state index in [9.17, 15) is 9.59 Å². The molecule has 1 aliphatic heterocycles. The number of carbonyl (C=O) groups is 2. The summed E-state index contributed by atoms with van der Waals surface area (Å²) in [4.78, 5) is 29.9. The van der Waals surface area contributed by atoms with Gasteiger partial charge < -0.3 is 16.8 Å². The van der Waals surface area contributed by atoms with Crippen LogP contribution in [0.4, 0.5) is 10.5 Å². The fourth-order valence-electron chi connectivity index (χ4n) is 2.76. The second-order valence-corrected chi connectivity index (χ2v) is 5.95. The summed E-state index contributed by atoms with van der Waals surface area (Å²) in [6.07, 6.45) is 1.96. The van der Waals surface area contributed by atoms with Crippen molar-refractivity contribution in [2.24, 2.45) is 22.4 Å².